The Hall–Kier alpha value is -1.84. The average molecular weight is 220 g/mol. The Morgan fingerprint density at radius 3 is 3.00 bits per heavy atom. The van der Waals surface area contributed by atoms with Gasteiger partial charge >= 0.3 is 5.97 Å². The Morgan fingerprint density at radius 1 is 1.50 bits per heavy atom. The van der Waals surface area contributed by atoms with Crippen molar-refractivity contribution < 1.29 is 19.1 Å². The minimum atomic E-state index is -0.829. The summed E-state index contributed by atoms with van der Waals surface area (Å²) in [4.78, 5) is 23.3. The standard InChI is InChI=1S/C12H12O4/c1-2-15-12(14)11-8-5-3-4-6-10(8)16-7-9(11)13/h3-6,11H,2,7H2,1H3. The molecule has 4 nitrogen and oxygen atoms in total. The minimum absolute atomic E-state index is 0.0690. The number of rotatable bonds is 2. The summed E-state index contributed by atoms with van der Waals surface area (Å²) in [6, 6.07) is 7.03. The fourth-order valence-corrected chi connectivity index (χ4v) is 1.74. The van der Waals surface area contributed by atoms with Gasteiger partial charge in [0.15, 0.2) is 5.78 Å². The second kappa shape index (κ2) is 4.35. The van der Waals surface area contributed by atoms with E-state index in [1.807, 2.05) is 0 Å². The number of carbonyl (C=O) groups excluding carboxylic acids is 2. The molecule has 0 aliphatic carbocycles. The number of hydrogen-bond acceptors (Lipinski definition) is 4. The van der Waals surface area contributed by atoms with E-state index in [1.54, 1.807) is 31.2 Å². The fraction of sp³-hybridized carbons (Fsp3) is 0.333. The largest absolute Gasteiger partial charge is 0.485 e. The fourth-order valence-electron chi connectivity index (χ4n) is 1.74. The van der Waals surface area contributed by atoms with Gasteiger partial charge in [0.2, 0.25) is 0 Å². The van der Waals surface area contributed by atoms with Crippen molar-refractivity contribution >= 4 is 11.8 Å². The number of ether oxygens (including phenoxy) is 2. The molecule has 1 aliphatic rings. The molecule has 0 fully saturated rings. The summed E-state index contributed by atoms with van der Waals surface area (Å²) < 4.78 is 10.1. The van der Waals surface area contributed by atoms with Gasteiger partial charge in [-0.15, -0.1) is 0 Å². The van der Waals surface area contributed by atoms with E-state index in [9.17, 15) is 9.59 Å². The van der Waals surface area contributed by atoms with Crippen LogP contribution in [0.1, 0.15) is 18.4 Å². The Balaban J connectivity index is 2.37. The Kier molecular flexibility index (Phi) is 2.90. The summed E-state index contributed by atoms with van der Waals surface area (Å²) in [5.41, 5.74) is 0.595. The molecule has 1 heterocycles. The van der Waals surface area contributed by atoms with Gasteiger partial charge in [-0.2, -0.15) is 0 Å². The van der Waals surface area contributed by atoms with Gasteiger partial charge in [0.05, 0.1) is 6.61 Å². The highest BCUT2D eigenvalue weighted by atomic mass is 16.5. The van der Waals surface area contributed by atoms with Crippen molar-refractivity contribution in [1.29, 1.82) is 0 Å². The Morgan fingerprint density at radius 2 is 2.25 bits per heavy atom. The predicted octanol–water partition coefficient (Wildman–Crippen LogP) is 1.29. The number of benzene rings is 1. The van der Waals surface area contributed by atoms with E-state index in [2.05, 4.69) is 0 Å². The highest BCUT2D eigenvalue weighted by molar-refractivity contribution is 6.06. The molecule has 0 saturated heterocycles. The lowest BCUT2D eigenvalue weighted by Crippen LogP contribution is -2.32. The first kappa shape index (κ1) is 10.7. The van der Waals surface area contributed by atoms with Crippen molar-refractivity contribution in [2.45, 2.75) is 12.8 Å². The second-order valence-corrected chi connectivity index (χ2v) is 3.48. The molecule has 1 aliphatic heterocycles. The van der Waals surface area contributed by atoms with Gasteiger partial charge in [0, 0.05) is 5.56 Å². The lowest BCUT2D eigenvalue weighted by molar-refractivity contribution is -0.149. The zero-order valence-electron chi connectivity index (χ0n) is 8.93. The molecule has 4 heteroatoms. The van der Waals surface area contributed by atoms with E-state index in [0.717, 1.165) is 0 Å². The summed E-state index contributed by atoms with van der Waals surface area (Å²) in [6.07, 6.45) is 0. The molecule has 0 bridgehead atoms. The van der Waals surface area contributed by atoms with E-state index < -0.39 is 11.9 Å². The number of Topliss-reactive ketones (excluding diaryl/α,β-unsaturated/α-hetero) is 1. The summed E-state index contributed by atoms with van der Waals surface area (Å²) in [5, 5.41) is 0. The van der Waals surface area contributed by atoms with Crippen molar-refractivity contribution in [1.82, 2.24) is 0 Å². The van der Waals surface area contributed by atoms with Crippen LogP contribution in [-0.2, 0) is 14.3 Å². The SMILES string of the molecule is CCOC(=O)C1C(=O)COc2ccccc21. The number of fused-ring (bicyclic) bond motifs is 1. The number of carbonyl (C=O) groups is 2. The molecule has 0 N–H and O–H groups in total. The number of ketones is 1. The van der Waals surface area contributed by atoms with Crippen molar-refractivity contribution in [2.75, 3.05) is 13.2 Å². The van der Waals surface area contributed by atoms with Gasteiger partial charge in [-0.05, 0) is 13.0 Å². The zero-order chi connectivity index (χ0) is 11.5. The Bertz CT molecular complexity index is 425. The van der Waals surface area contributed by atoms with Crippen LogP contribution < -0.4 is 4.74 Å². The van der Waals surface area contributed by atoms with E-state index in [4.69, 9.17) is 9.47 Å². The molecule has 0 spiro atoms. The maximum atomic E-state index is 11.7. The van der Waals surface area contributed by atoms with Gasteiger partial charge in [-0.25, -0.2) is 0 Å². The van der Waals surface area contributed by atoms with Crippen LogP contribution in [0, 0.1) is 0 Å². The smallest absolute Gasteiger partial charge is 0.321 e. The van der Waals surface area contributed by atoms with Crippen molar-refractivity contribution in [3.8, 4) is 5.75 Å². The monoisotopic (exact) mass is 220 g/mol. The molecule has 1 atom stereocenters. The van der Waals surface area contributed by atoms with Crippen LogP contribution in [0.5, 0.6) is 5.75 Å². The van der Waals surface area contributed by atoms with Crippen LogP contribution in [0.3, 0.4) is 0 Å². The molecule has 1 aromatic carbocycles. The molecule has 0 amide bonds. The van der Waals surface area contributed by atoms with Crippen LogP contribution in [0.4, 0.5) is 0 Å². The topological polar surface area (TPSA) is 52.6 Å². The first-order valence-electron chi connectivity index (χ1n) is 5.15. The van der Waals surface area contributed by atoms with Crippen LogP contribution in [0.25, 0.3) is 0 Å². The summed E-state index contributed by atoms with van der Waals surface area (Å²) >= 11 is 0. The molecule has 0 saturated carbocycles. The van der Waals surface area contributed by atoms with Crippen LogP contribution in [-0.4, -0.2) is 25.0 Å². The third-order valence-electron chi connectivity index (χ3n) is 2.44. The summed E-state index contributed by atoms with van der Waals surface area (Å²) in [6.45, 7) is 1.92. The zero-order valence-corrected chi connectivity index (χ0v) is 8.93. The summed E-state index contributed by atoms with van der Waals surface area (Å²) in [5.74, 6) is -0.995. The third-order valence-corrected chi connectivity index (χ3v) is 2.44. The van der Waals surface area contributed by atoms with Crippen molar-refractivity contribution in [3.63, 3.8) is 0 Å². The molecule has 0 aromatic heterocycles. The predicted molar refractivity (Wildman–Crippen MR) is 56.3 cm³/mol. The highest BCUT2D eigenvalue weighted by Crippen LogP contribution is 2.32. The molecular weight excluding hydrogens is 208 g/mol. The molecule has 0 radical (unpaired) electrons. The van der Waals surface area contributed by atoms with Gasteiger partial charge in [0.25, 0.3) is 0 Å². The number of esters is 1. The van der Waals surface area contributed by atoms with Crippen LogP contribution >= 0.6 is 0 Å². The highest BCUT2D eigenvalue weighted by Gasteiger charge is 2.35. The molecule has 2 rings (SSSR count). The molecular formula is C12H12O4. The van der Waals surface area contributed by atoms with E-state index in [0.29, 0.717) is 11.3 Å². The Labute approximate surface area is 93.2 Å². The normalized spacial score (nSPS) is 18.6. The van der Waals surface area contributed by atoms with Gasteiger partial charge in [0.1, 0.15) is 18.3 Å². The third kappa shape index (κ3) is 1.78. The van der Waals surface area contributed by atoms with Gasteiger partial charge in [-0.1, -0.05) is 18.2 Å². The van der Waals surface area contributed by atoms with Crippen LogP contribution in [0.2, 0.25) is 0 Å². The number of para-hydroxylation sites is 1. The molecule has 84 valence electrons. The van der Waals surface area contributed by atoms with Crippen molar-refractivity contribution in [2.24, 2.45) is 0 Å². The van der Waals surface area contributed by atoms with Crippen molar-refractivity contribution in [3.05, 3.63) is 29.8 Å². The molecule has 1 unspecified atom stereocenters. The first-order chi connectivity index (χ1) is 7.74. The number of hydrogen-bond donors (Lipinski definition) is 0. The van der Waals surface area contributed by atoms with Crippen LogP contribution in [0.15, 0.2) is 24.3 Å². The average Bonchev–Trinajstić information content (AvgIpc) is 2.29. The van der Waals surface area contributed by atoms with Gasteiger partial charge in [-0.3, -0.25) is 9.59 Å². The lowest BCUT2D eigenvalue weighted by atomic mass is 9.92. The minimum Gasteiger partial charge on any atom is -0.485 e. The molecule has 16 heavy (non-hydrogen) atoms. The maximum Gasteiger partial charge on any atom is 0.321 e. The maximum absolute atomic E-state index is 11.7. The van der Waals surface area contributed by atoms with Gasteiger partial charge < -0.3 is 9.47 Å². The molecule has 1 aromatic rings. The van der Waals surface area contributed by atoms with E-state index >= 15 is 0 Å². The van der Waals surface area contributed by atoms with E-state index in [1.165, 1.54) is 0 Å². The second-order valence-electron chi connectivity index (χ2n) is 3.48. The summed E-state index contributed by atoms with van der Waals surface area (Å²) in [7, 11) is 0. The lowest BCUT2D eigenvalue weighted by Gasteiger charge is -2.22. The quantitative estimate of drug-likeness (QED) is 0.556. The first-order valence-corrected chi connectivity index (χ1v) is 5.15. The van der Waals surface area contributed by atoms with E-state index in [-0.39, 0.29) is 19.0 Å².